The van der Waals surface area contributed by atoms with Gasteiger partial charge >= 0.3 is 6.09 Å². The first-order valence-corrected chi connectivity index (χ1v) is 8.79. The lowest BCUT2D eigenvalue weighted by Gasteiger charge is -2.21. The van der Waals surface area contributed by atoms with E-state index in [1.807, 2.05) is 13.8 Å². The number of aromatic nitrogens is 2. The Bertz CT molecular complexity index is 490. The highest BCUT2D eigenvalue weighted by Crippen LogP contribution is 2.26. The molecule has 6 nitrogen and oxygen atoms in total. The number of carbonyl (C=O) groups excluding carboxylic acids is 1. The fraction of sp³-hybridized carbons (Fsp3) is 0.800. The van der Waals surface area contributed by atoms with E-state index in [0.29, 0.717) is 25.0 Å². The van der Waals surface area contributed by atoms with Gasteiger partial charge in [-0.05, 0) is 12.3 Å². The number of amides is 1. The molecule has 0 atom stereocenters. The maximum Gasteiger partial charge on any atom is 0.409 e. The molecule has 1 aliphatic heterocycles. The molecule has 0 aromatic carbocycles. The Hall–Kier alpha value is -1.37. The second-order valence-electron chi connectivity index (χ2n) is 6.38. The highest BCUT2D eigenvalue weighted by Gasteiger charge is 2.22. The van der Waals surface area contributed by atoms with Crippen molar-refractivity contribution >= 4 is 22.6 Å². The van der Waals surface area contributed by atoms with Crippen molar-refractivity contribution in [2.45, 2.75) is 40.0 Å². The molecular formula is C15H26N4O2S. The number of rotatable bonds is 4. The summed E-state index contributed by atoms with van der Waals surface area (Å²) in [7, 11) is 0. The molecule has 0 saturated carbocycles. The second kappa shape index (κ2) is 7.76. The quantitative estimate of drug-likeness (QED) is 0.851. The summed E-state index contributed by atoms with van der Waals surface area (Å²) in [5, 5.41) is 10.6. The van der Waals surface area contributed by atoms with Crippen molar-refractivity contribution in [2.24, 2.45) is 5.92 Å². The van der Waals surface area contributed by atoms with Crippen LogP contribution in [0.4, 0.5) is 9.93 Å². The van der Waals surface area contributed by atoms with Crippen LogP contribution in [0.15, 0.2) is 0 Å². The Balaban J connectivity index is 1.90. The van der Waals surface area contributed by atoms with E-state index in [1.165, 1.54) is 0 Å². The van der Waals surface area contributed by atoms with E-state index in [-0.39, 0.29) is 6.09 Å². The molecule has 0 radical (unpaired) electrons. The van der Waals surface area contributed by atoms with Gasteiger partial charge in [0.05, 0.1) is 6.61 Å². The zero-order valence-electron chi connectivity index (χ0n) is 13.9. The van der Waals surface area contributed by atoms with Crippen LogP contribution in [0.3, 0.4) is 0 Å². The van der Waals surface area contributed by atoms with E-state index >= 15 is 0 Å². The molecule has 1 aromatic rings. The highest BCUT2D eigenvalue weighted by molar-refractivity contribution is 7.15. The molecule has 0 unspecified atom stereocenters. The lowest BCUT2D eigenvalue weighted by molar-refractivity contribution is 0.0943. The smallest absolute Gasteiger partial charge is 0.409 e. The number of anilines is 1. The van der Waals surface area contributed by atoms with Crippen LogP contribution in [0.1, 0.15) is 45.0 Å². The SMILES string of the molecule is CC(C)COC(=O)N1CCCN(c2nnc(C(C)C)s2)CC1. The first-order chi connectivity index (χ1) is 10.5. The number of nitrogens with zero attached hydrogens (tertiary/aromatic N) is 4. The van der Waals surface area contributed by atoms with Crippen LogP contribution in [0.25, 0.3) is 0 Å². The van der Waals surface area contributed by atoms with E-state index in [4.69, 9.17) is 4.74 Å². The van der Waals surface area contributed by atoms with Gasteiger partial charge in [-0.1, -0.05) is 39.0 Å². The van der Waals surface area contributed by atoms with E-state index < -0.39 is 0 Å². The maximum atomic E-state index is 12.1. The van der Waals surface area contributed by atoms with Crippen molar-refractivity contribution in [3.63, 3.8) is 0 Å². The molecule has 0 bridgehead atoms. The minimum absolute atomic E-state index is 0.198. The van der Waals surface area contributed by atoms with Gasteiger partial charge in [0.15, 0.2) is 0 Å². The van der Waals surface area contributed by atoms with Crippen molar-refractivity contribution in [3.05, 3.63) is 5.01 Å². The Morgan fingerprint density at radius 1 is 1.18 bits per heavy atom. The summed E-state index contributed by atoms with van der Waals surface area (Å²) in [6, 6.07) is 0. The topological polar surface area (TPSA) is 58.6 Å². The lowest BCUT2D eigenvalue weighted by atomic mass is 10.2. The van der Waals surface area contributed by atoms with Crippen molar-refractivity contribution < 1.29 is 9.53 Å². The van der Waals surface area contributed by atoms with Crippen molar-refractivity contribution in [2.75, 3.05) is 37.7 Å². The van der Waals surface area contributed by atoms with Gasteiger partial charge in [-0.3, -0.25) is 0 Å². The number of hydrogen-bond acceptors (Lipinski definition) is 6. The third kappa shape index (κ3) is 4.56. The summed E-state index contributed by atoms with van der Waals surface area (Å²) in [6.07, 6.45) is 0.726. The summed E-state index contributed by atoms with van der Waals surface area (Å²) in [5.41, 5.74) is 0. The van der Waals surface area contributed by atoms with Crippen molar-refractivity contribution in [1.82, 2.24) is 15.1 Å². The molecule has 0 aliphatic carbocycles. The molecule has 1 aliphatic rings. The minimum Gasteiger partial charge on any atom is -0.449 e. The third-order valence-corrected chi connectivity index (χ3v) is 4.77. The molecule has 1 amide bonds. The molecule has 22 heavy (non-hydrogen) atoms. The van der Waals surface area contributed by atoms with E-state index in [1.54, 1.807) is 16.2 Å². The molecule has 1 aromatic heterocycles. The fourth-order valence-electron chi connectivity index (χ4n) is 2.21. The van der Waals surface area contributed by atoms with Crippen LogP contribution in [0.2, 0.25) is 0 Å². The van der Waals surface area contributed by atoms with Crippen LogP contribution in [0, 0.1) is 5.92 Å². The Morgan fingerprint density at radius 2 is 1.95 bits per heavy atom. The zero-order valence-corrected chi connectivity index (χ0v) is 14.7. The summed E-state index contributed by atoms with van der Waals surface area (Å²) in [4.78, 5) is 16.1. The van der Waals surface area contributed by atoms with Crippen LogP contribution in [0.5, 0.6) is 0 Å². The third-order valence-electron chi connectivity index (χ3n) is 3.49. The van der Waals surface area contributed by atoms with Gasteiger partial charge in [-0.15, -0.1) is 10.2 Å². The Kier molecular flexibility index (Phi) is 5.99. The first kappa shape index (κ1) is 17.0. The molecule has 1 saturated heterocycles. The molecule has 124 valence electrons. The molecule has 2 rings (SSSR count). The largest absolute Gasteiger partial charge is 0.449 e. The predicted octanol–water partition coefficient (Wildman–Crippen LogP) is 2.97. The number of hydrogen-bond donors (Lipinski definition) is 0. The van der Waals surface area contributed by atoms with Gasteiger partial charge in [-0.25, -0.2) is 4.79 Å². The van der Waals surface area contributed by atoms with Gasteiger partial charge in [0.2, 0.25) is 5.13 Å². The summed E-state index contributed by atoms with van der Waals surface area (Å²) >= 11 is 1.65. The van der Waals surface area contributed by atoms with E-state index in [9.17, 15) is 4.79 Å². The van der Waals surface area contributed by atoms with Crippen LogP contribution in [-0.2, 0) is 4.74 Å². The van der Waals surface area contributed by atoms with Crippen molar-refractivity contribution in [1.29, 1.82) is 0 Å². The van der Waals surface area contributed by atoms with Gasteiger partial charge in [0.1, 0.15) is 5.01 Å². The monoisotopic (exact) mass is 326 g/mol. The molecular weight excluding hydrogens is 300 g/mol. The van der Waals surface area contributed by atoms with E-state index in [2.05, 4.69) is 28.9 Å². The molecule has 0 N–H and O–H groups in total. The van der Waals surface area contributed by atoms with Crippen LogP contribution >= 0.6 is 11.3 Å². The molecule has 7 heteroatoms. The van der Waals surface area contributed by atoms with E-state index in [0.717, 1.165) is 36.2 Å². The summed E-state index contributed by atoms with van der Waals surface area (Å²) < 4.78 is 5.32. The number of ether oxygens (including phenoxy) is 1. The minimum atomic E-state index is -0.198. The van der Waals surface area contributed by atoms with Crippen molar-refractivity contribution in [3.8, 4) is 0 Å². The van der Waals surface area contributed by atoms with Gasteiger partial charge in [0, 0.05) is 32.1 Å². The molecule has 2 heterocycles. The Morgan fingerprint density at radius 3 is 2.59 bits per heavy atom. The van der Waals surface area contributed by atoms with Gasteiger partial charge < -0.3 is 14.5 Å². The predicted molar refractivity (Wildman–Crippen MR) is 88.6 cm³/mol. The fourth-order valence-corrected chi connectivity index (χ4v) is 3.11. The second-order valence-corrected chi connectivity index (χ2v) is 7.36. The maximum absolute atomic E-state index is 12.1. The van der Waals surface area contributed by atoms with Crippen LogP contribution in [-0.4, -0.2) is 54.0 Å². The van der Waals surface area contributed by atoms with Gasteiger partial charge in [0.25, 0.3) is 0 Å². The molecule has 0 spiro atoms. The highest BCUT2D eigenvalue weighted by atomic mass is 32.1. The summed E-state index contributed by atoms with van der Waals surface area (Å²) in [5.74, 6) is 0.768. The first-order valence-electron chi connectivity index (χ1n) is 7.97. The Labute approximate surface area is 136 Å². The summed E-state index contributed by atoms with van der Waals surface area (Å²) in [6.45, 7) is 11.9. The lowest BCUT2D eigenvalue weighted by Crippen LogP contribution is -2.36. The number of carbonyl (C=O) groups is 1. The average Bonchev–Trinajstić information content (AvgIpc) is 2.83. The molecule has 1 fully saturated rings. The normalized spacial score (nSPS) is 16.3. The standard InChI is InChI=1S/C15H26N4O2S/c1-11(2)10-21-15(20)19-7-5-6-18(8-9-19)14-17-16-13(22-14)12(3)4/h11-12H,5-10H2,1-4H3. The van der Waals surface area contributed by atoms with Crippen LogP contribution < -0.4 is 4.90 Å². The zero-order chi connectivity index (χ0) is 16.1. The average molecular weight is 326 g/mol. The van der Waals surface area contributed by atoms with Gasteiger partial charge in [-0.2, -0.15) is 0 Å².